The van der Waals surface area contributed by atoms with Crippen molar-refractivity contribution in [2.75, 3.05) is 19.6 Å². The Balaban J connectivity index is 1.53. The van der Waals surface area contributed by atoms with Crippen LogP contribution in [0.1, 0.15) is 35.2 Å². The van der Waals surface area contributed by atoms with Gasteiger partial charge in [-0.2, -0.15) is 0 Å². The van der Waals surface area contributed by atoms with Gasteiger partial charge in [-0.05, 0) is 48.2 Å². The highest BCUT2D eigenvalue weighted by atomic mass is 16.5. The Morgan fingerprint density at radius 2 is 1.74 bits per heavy atom. The van der Waals surface area contributed by atoms with Crippen LogP contribution in [0.5, 0.6) is 0 Å². The molecular weight excluding hydrogens is 394 g/mol. The highest BCUT2D eigenvalue weighted by Gasteiger charge is 2.19. The average Bonchev–Trinajstić information content (AvgIpc) is 2.83. The third-order valence-electron chi connectivity index (χ3n) is 5.53. The first-order valence-corrected chi connectivity index (χ1v) is 10.7. The molecule has 0 aromatic heterocycles. The van der Waals surface area contributed by atoms with Gasteiger partial charge in [-0.1, -0.05) is 42.8 Å². The molecular formula is C23H31N5O3. The lowest BCUT2D eigenvalue weighted by Gasteiger charge is -2.23. The number of hydroxylamine groups is 1. The van der Waals surface area contributed by atoms with Gasteiger partial charge >= 0.3 is 0 Å². The Hall–Kier alpha value is -2.78. The van der Waals surface area contributed by atoms with Crippen molar-refractivity contribution in [1.82, 2.24) is 21.4 Å². The van der Waals surface area contributed by atoms with Gasteiger partial charge in [0.2, 0.25) is 0 Å². The van der Waals surface area contributed by atoms with Crippen molar-refractivity contribution < 1.29 is 14.8 Å². The van der Waals surface area contributed by atoms with Crippen LogP contribution >= 0.6 is 0 Å². The lowest BCUT2D eigenvalue weighted by atomic mass is 10.0. The number of rotatable bonds is 9. The number of piperidine rings is 1. The van der Waals surface area contributed by atoms with Crippen LogP contribution in [0.4, 0.5) is 0 Å². The van der Waals surface area contributed by atoms with Crippen LogP contribution in [0.3, 0.4) is 0 Å². The van der Waals surface area contributed by atoms with Gasteiger partial charge in [-0.15, -0.1) is 0 Å². The Labute approximate surface area is 182 Å². The molecule has 8 heteroatoms. The van der Waals surface area contributed by atoms with Crippen molar-refractivity contribution in [2.24, 2.45) is 5.73 Å². The van der Waals surface area contributed by atoms with Crippen LogP contribution < -0.4 is 27.2 Å². The Bertz CT molecular complexity index is 849. The van der Waals surface area contributed by atoms with Crippen LogP contribution in [0.15, 0.2) is 48.5 Å². The summed E-state index contributed by atoms with van der Waals surface area (Å²) in [5, 5.41) is 18.3. The second-order valence-electron chi connectivity index (χ2n) is 7.79. The van der Waals surface area contributed by atoms with Gasteiger partial charge in [0, 0.05) is 31.2 Å². The van der Waals surface area contributed by atoms with Crippen molar-refractivity contribution in [3.8, 4) is 11.1 Å². The molecule has 166 valence electrons. The molecule has 3 rings (SSSR count). The predicted octanol–water partition coefficient (Wildman–Crippen LogP) is 1.15. The molecule has 0 spiro atoms. The van der Waals surface area contributed by atoms with Gasteiger partial charge in [0.15, 0.2) is 0 Å². The molecule has 1 fully saturated rings. The molecule has 2 amide bonds. The number of carbonyl (C=O) groups is 2. The first-order valence-electron chi connectivity index (χ1n) is 10.7. The minimum atomic E-state index is -0.993. The summed E-state index contributed by atoms with van der Waals surface area (Å²) >= 11 is 0. The highest BCUT2D eigenvalue weighted by Crippen LogP contribution is 2.20. The van der Waals surface area contributed by atoms with Gasteiger partial charge < -0.3 is 21.7 Å². The SMILES string of the molecule is NC[C@H](NC(=O)c1ccc(-c2ccc(CNCC3CCCCN3)cc2)cc1)C(=O)NO. The van der Waals surface area contributed by atoms with Crippen molar-refractivity contribution in [2.45, 2.75) is 37.9 Å². The molecule has 1 aliphatic heterocycles. The summed E-state index contributed by atoms with van der Waals surface area (Å²) in [6.07, 6.45) is 3.82. The molecule has 1 saturated heterocycles. The third-order valence-corrected chi connectivity index (χ3v) is 5.53. The van der Waals surface area contributed by atoms with E-state index < -0.39 is 17.9 Å². The van der Waals surface area contributed by atoms with Crippen molar-refractivity contribution >= 4 is 11.8 Å². The molecule has 2 aromatic rings. The fraction of sp³-hybridized carbons (Fsp3) is 0.391. The van der Waals surface area contributed by atoms with Crippen LogP contribution in [-0.4, -0.2) is 48.7 Å². The van der Waals surface area contributed by atoms with Crippen LogP contribution in [0.25, 0.3) is 11.1 Å². The second-order valence-corrected chi connectivity index (χ2v) is 7.79. The van der Waals surface area contributed by atoms with E-state index in [0.29, 0.717) is 11.6 Å². The van der Waals surface area contributed by atoms with Gasteiger partial charge in [-0.25, -0.2) is 5.48 Å². The lowest BCUT2D eigenvalue weighted by molar-refractivity contribution is -0.130. The quantitative estimate of drug-likeness (QED) is 0.264. The number of carbonyl (C=O) groups excluding carboxylic acids is 2. The summed E-state index contributed by atoms with van der Waals surface area (Å²) in [4.78, 5) is 23.8. The zero-order valence-electron chi connectivity index (χ0n) is 17.6. The second kappa shape index (κ2) is 11.6. The fourth-order valence-corrected chi connectivity index (χ4v) is 3.67. The summed E-state index contributed by atoms with van der Waals surface area (Å²) in [7, 11) is 0. The normalized spacial score (nSPS) is 17.0. The topological polar surface area (TPSA) is 129 Å². The summed E-state index contributed by atoms with van der Waals surface area (Å²) in [5.41, 5.74) is 10.6. The Morgan fingerprint density at radius 3 is 2.32 bits per heavy atom. The molecule has 0 bridgehead atoms. The lowest BCUT2D eigenvalue weighted by Crippen LogP contribution is -2.50. The maximum atomic E-state index is 12.3. The number of amides is 2. The largest absolute Gasteiger partial charge is 0.339 e. The molecule has 1 aliphatic rings. The smallest absolute Gasteiger partial charge is 0.267 e. The molecule has 1 unspecified atom stereocenters. The van der Waals surface area contributed by atoms with E-state index >= 15 is 0 Å². The standard InChI is InChI=1S/C23H31N5O3/c24-13-21(23(30)28-31)27-22(29)19-10-8-18(9-11-19)17-6-4-16(5-7-17)14-25-15-20-3-1-2-12-26-20/h4-11,20-21,25-26,31H,1-3,12-15,24H2,(H,27,29)(H,28,30)/t20?,21-/m0/s1. The molecule has 2 atom stereocenters. The van der Waals surface area contributed by atoms with E-state index in [4.69, 9.17) is 10.9 Å². The zero-order valence-corrected chi connectivity index (χ0v) is 17.6. The summed E-state index contributed by atoms with van der Waals surface area (Å²) < 4.78 is 0. The van der Waals surface area contributed by atoms with Gasteiger partial charge in [0.25, 0.3) is 11.8 Å². The zero-order chi connectivity index (χ0) is 22.1. The summed E-state index contributed by atoms with van der Waals surface area (Å²) in [5.74, 6) is -1.18. The van der Waals surface area contributed by atoms with Gasteiger partial charge in [-0.3, -0.25) is 14.8 Å². The van der Waals surface area contributed by atoms with E-state index in [0.717, 1.165) is 30.8 Å². The van der Waals surface area contributed by atoms with E-state index in [1.165, 1.54) is 30.3 Å². The monoisotopic (exact) mass is 425 g/mol. The first kappa shape index (κ1) is 22.9. The highest BCUT2D eigenvalue weighted by molar-refractivity contribution is 5.97. The van der Waals surface area contributed by atoms with E-state index in [9.17, 15) is 9.59 Å². The van der Waals surface area contributed by atoms with E-state index in [1.807, 2.05) is 12.1 Å². The molecule has 8 nitrogen and oxygen atoms in total. The molecule has 0 saturated carbocycles. The number of benzene rings is 2. The van der Waals surface area contributed by atoms with Crippen LogP contribution in [0, 0.1) is 0 Å². The number of hydrogen-bond donors (Lipinski definition) is 6. The number of nitrogens with two attached hydrogens (primary N) is 1. The maximum Gasteiger partial charge on any atom is 0.267 e. The number of nitrogens with one attached hydrogen (secondary N) is 4. The molecule has 7 N–H and O–H groups in total. The van der Waals surface area contributed by atoms with Crippen LogP contribution in [0.2, 0.25) is 0 Å². The molecule has 0 radical (unpaired) electrons. The van der Waals surface area contributed by atoms with Gasteiger partial charge in [0.05, 0.1) is 0 Å². The fourth-order valence-electron chi connectivity index (χ4n) is 3.67. The minimum absolute atomic E-state index is 0.116. The summed E-state index contributed by atoms with van der Waals surface area (Å²) in [6, 6.07) is 15.0. The van der Waals surface area contributed by atoms with E-state index in [2.05, 4.69) is 40.2 Å². The molecule has 1 heterocycles. The molecule has 31 heavy (non-hydrogen) atoms. The number of hydrogen-bond acceptors (Lipinski definition) is 6. The Kier molecular flexibility index (Phi) is 8.54. The van der Waals surface area contributed by atoms with E-state index in [-0.39, 0.29) is 6.54 Å². The summed E-state index contributed by atoms with van der Waals surface area (Å²) in [6.45, 7) is 2.82. The van der Waals surface area contributed by atoms with E-state index in [1.54, 1.807) is 12.1 Å². The van der Waals surface area contributed by atoms with Crippen molar-refractivity contribution in [3.63, 3.8) is 0 Å². The first-order chi connectivity index (χ1) is 15.1. The average molecular weight is 426 g/mol. The third kappa shape index (κ3) is 6.60. The molecule has 2 aromatic carbocycles. The Morgan fingerprint density at radius 1 is 1.06 bits per heavy atom. The maximum absolute atomic E-state index is 12.3. The van der Waals surface area contributed by atoms with Gasteiger partial charge in [0.1, 0.15) is 6.04 Å². The molecule has 0 aliphatic carbocycles. The van der Waals surface area contributed by atoms with Crippen molar-refractivity contribution in [1.29, 1.82) is 0 Å². The predicted molar refractivity (Wildman–Crippen MR) is 119 cm³/mol. The minimum Gasteiger partial charge on any atom is -0.339 e. The van der Waals surface area contributed by atoms with Crippen molar-refractivity contribution in [3.05, 3.63) is 59.7 Å². The van der Waals surface area contributed by atoms with Crippen LogP contribution in [-0.2, 0) is 11.3 Å².